The van der Waals surface area contributed by atoms with E-state index >= 15 is 0 Å². The van der Waals surface area contributed by atoms with E-state index in [-0.39, 0.29) is 0 Å². The molecule has 1 heterocycles. The van der Waals surface area contributed by atoms with Gasteiger partial charge in [0, 0.05) is 35.8 Å². The molecule has 3 aromatic carbocycles. The molecule has 1 aromatic heterocycles. The van der Waals surface area contributed by atoms with Crippen molar-refractivity contribution in [1.82, 2.24) is 9.47 Å². The largest absolute Gasteiger partial charge is 0.497 e. The van der Waals surface area contributed by atoms with Gasteiger partial charge < -0.3 is 14.2 Å². The summed E-state index contributed by atoms with van der Waals surface area (Å²) in [4.78, 5) is 2.22. The van der Waals surface area contributed by atoms with Gasteiger partial charge in [0.2, 0.25) is 0 Å². The number of hydrogen-bond acceptors (Lipinski definition) is 2. The third-order valence-corrected chi connectivity index (χ3v) is 5.09. The van der Waals surface area contributed by atoms with E-state index in [2.05, 4.69) is 90.4 Å². The highest BCUT2D eigenvalue weighted by atomic mass is 16.5. The summed E-state index contributed by atoms with van der Waals surface area (Å²) in [5.74, 6) is 0.888. The van der Waals surface area contributed by atoms with Crippen molar-refractivity contribution in [1.29, 1.82) is 0 Å². The van der Waals surface area contributed by atoms with Crippen molar-refractivity contribution < 1.29 is 4.74 Å². The number of nitrogens with zero attached hydrogens (tertiary/aromatic N) is 2. The molecule has 142 valence electrons. The lowest BCUT2D eigenvalue weighted by Crippen LogP contribution is -2.11. The fraction of sp³-hybridized carbons (Fsp3) is 0.200. The van der Waals surface area contributed by atoms with E-state index in [1.54, 1.807) is 7.11 Å². The lowest BCUT2D eigenvalue weighted by Gasteiger charge is -2.13. The Morgan fingerprint density at radius 1 is 0.821 bits per heavy atom. The molecule has 3 nitrogen and oxygen atoms in total. The van der Waals surface area contributed by atoms with Crippen molar-refractivity contribution in [3.8, 4) is 16.9 Å². The summed E-state index contributed by atoms with van der Waals surface area (Å²) in [7, 11) is 5.93. The van der Waals surface area contributed by atoms with Crippen LogP contribution in [0.3, 0.4) is 0 Å². The second-order valence-electron chi connectivity index (χ2n) is 7.43. The van der Waals surface area contributed by atoms with Crippen LogP contribution in [-0.2, 0) is 13.1 Å². The van der Waals surface area contributed by atoms with Crippen molar-refractivity contribution in [2.75, 3.05) is 21.2 Å². The number of para-hydroxylation sites is 1. The summed E-state index contributed by atoms with van der Waals surface area (Å²) in [6.45, 7) is 1.76. The quantitative estimate of drug-likeness (QED) is 0.450. The van der Waals surface area contributed by atoms with Crippen molar-refractivity contribution in [2.24, 2.45) is 0 Å². The standard InChI is InChI=1S/C25H26N2O/c1-26(2)17-20-8-4-5-9-22(20)24-18-27(25-11-7-6-10-23(24)25)16-19-12-14-21(28-3)15-13-19/h4-15,18H,16-17H2,1-3H3. The number of fused-ring (bicyclic) bond motifs is 1. The summed E-state index contributed by atoms with van der Waals surface area (Å²) in [6.07, 6.45) is 2.30. The van der Waals surface area contributed by atoms with E-state index in [9.17, 15) is 0 Å². The first-order valence-corrected chi connectivity index (χ1v) is 9.59. The van der Waals surface area contributed by atoms with Crippen LogP contribution in [-0.4, -0.2) is 30.7 Å². The molecule has 0 aliphatic heterocycles. The maximum Gasteiger partial charge on any atom is 0.118 e. The molecule has 0 saturated carbocycles. The van der Waals surface area contributed by atoms with Crippen LogP contribution >= 0.6 is 0 Å². The van der Waals surface area contributed by atoms with Gasteiger partial charge in [0.25, 0.3) is 0 Å². The average Bonchev–Trinajstić information content (AvgIpc) is 3.07. The molecule has 0 spiro atoms. The molecule has 3 heteroatoms. The highest BCUT2D eigenvalue weighted by molar-refractivity contribution is 5.96. The van der Waals surface area contributed by atoms with E-state index in [0.29, 0.717) is 0 Å². The molecule has 4 aromatic rings. The minimum atomic E-state index is 0.834. The van der Waals surface area contributed by atoms with E-state index in [4.69, 9.17) is 4.74 Å². The maximum absolute atomic E-state index is 5.29. The fourth-order valence-corrected chi connectivity index (χ4v) is 3.78. The minimum Gasteiger partial charge on any atom is -0.497 e. The number of ether oxygens (including phenoxy) is 1. The lowest BCUT2D eigenvalue weighted by molar-refractivity contribution is 0.403. The van der Waals surface area contributed by atoms with E-state index < -0.39 is 0 Å². The maximum atomic E-state index is 5.29. The van der Waals surface area contributed by atoms with Crippen molar-refractivity contribution in [3.63, 3.8) is 0 Å². The molecule has 0 radical (unpaired) electrons. The second kappa shape index (κ2) is 7.91. The topological polar surface area (TPSA) is 17.4 Å². The summed E-state index contributed by atoms with van der Waals surface area (Å²) < 4.78 is 7.63. The molecule has 0 fully saturated rings. The van der Waals surface area contributed by atoms with Crippen molar-refractivity contribution >= 4 is 10.9 Å². The van der Waals surface area contributed by atoms with Gasteiger partial charge >= 0.3 is 0 Å². The van der Waals surface area contributed by atoms with Crippen LogP contribution in [0, 0.1) is 0 Å². The molecule has 0 N–H and O–H groups in total. The zero-order valence-corrected chi connectivity index (χ0v) is 16.7. The Kier molecular flexibility index (Phi) is 5.18. The molecule has 0 atom stereocenters. The van der Waals surface area contributed by atoms with Crippen LogP contribution in [0.1, 0.15) is 11.1 Å². The van der Waals surface area contributed by atoms with E-state index in [1.807, 2.05) is 12.1 Å². The highest BCUT2D eigenvalue weighted by Crippen LogP contribution is 2.33. The molecular weight excluding hydrogens is 344 g/mol. The Morgan fingerprint density at radius 2 is 1.54 bits per heavy atom. The highest BCUT2D eigenvalue weighted by Gasteiger charge is 2.13. The van der Waals surface area contributed by atoms with Gasteiger partial charge in [-0.3, -0.25) is 0 Å². The van der Waals surface area contributed by atoms with E-state index in [1.165, 1.54) is 33.2 Å². The van der Waals surface area contributed by atoms with Crippen LogP contribution in [0.2, 0.25) is 0 Å². The summed E-state index contributed by atoms with van der Waals surface area (Å²) in [5, 5.41) is 1.29. The Morgan fingerprint density at radius 3 is 2.29 bits per heavy atom. The molecule has 0 amide bonds. The number of aromatic nitrogens is 1. The molecule has 0 bridgehead atoms. The third-order valence-electron chi connectivity index (χ3n) is 5.09. The molecule has 4 rings (SSSR count). The van der Waals surface area contributed by atoms with Gasteiger partial charge in [-0.15, -0.1) is 0 Å². The molecule has 28 heavy (non-hydrogen) atoms. The van der Waals surface area contributed by atoms with Crippen LogP contribution in [0.5, 0.6) is 5.75 Å². The predicted octanol–water partition coefficient (Wildman–Crippen LogP) is 5.43. The van der Waals surface area contributed by atoms with Crippen molar-refractivity contribution in [3.05, 3.63) is 90.1 Å². The first kappa shape index (κ1) is 18.3. The lowest BCUT2D eigenvalue weighted by atomic mass is 9.99. The van der Waals surface area contributed by atoms with Crippen LogP contribution < -0.4 is 4.74 Å². The molecular formula is C25H26N2O. The molecule has 0 unspecified atom stereocenters. The van der Waals surface area contributed by atoms with Crippen LogP contribution in [0.4, 0.5) is 0 Å². The predicted molar refractivity (Wildman–Crippen MR) is 117 cm³/mol. The number of hydrogen-bond donors (Lipinski definition) is 0. The number of benzene rings is 3. The fourth-order valence-electron chi connectivity index (χ4n) is 3.78. The van der Waals surface area contributed by atoms with Crippen LogP contribution in [0.25, 0.3) is 22.0 Å². The Bertz CT molecular complexity index is 1080. The monoisotopic (exact) mass is 370 g/mol. The summed E-state index contributed by atoms with van der Waals surface area (Å²) in [5.41, 5.74) is 6.46. The van der Waals surface area contributed by atoms with Gasteiger partial charge in [-0.2, -0.15) is 0 Å². The van der Waals surface area contributed by atoms with Crippen molar-refractivity contribution in [2.45, 2.75) is 13.1 Å². The van der Waals surface area contributed by atoms with Gasteiger partial charge in [-0.25, -0.2) is 0 Å². The van der Waals surface area contributed by atoms with Crippen LogP contribution in [0.15, 0.2) is 79.0 Å². The zero-order chi connectivity index (χ0) is 19.5. The first-order valence-electron chi connectivity index (χ1n) is 9.59. The summed E-state index contributed by atoms with van der Waals surface area (Å²) in [6, 6.07) is 25.7. The molecule has 0 aliphatic rings. The first-order chi connectivity index (χ1) is 13.7. The van der Waals surface area contributed by atoms with Gasteiger partial charge in [0.05, 0.1) is 7.11 Å². The van der Waals surface area contributed by atoms with Gasteiger partial charge in [0.15, 0.2) is 0 Å². The number of methoxy groups -OCH3 is 1. The zero-order valence-electron chi connectivity index (χ0n) is 16.7. The SMILES string of the molecule is COc1ccc(Cn2cc(-c3ccccc3CN(C)C)c3ccccc32)cc1. The second-order valence-corrected chi connectivity index (χ2v) is 7.43. The number of rotatable bonds is 6. The Balaban J connectivity index is 1.79. The van der Waals surface area contributed by atoms with E-state index in [0.717, 1.165) is 18.8 Å². The Hall–Kier alpha value is -3.04. The summed E-state index contributed by atoms with van der Waals surface area (Å²) >= 11 is 0. The molecule has 0 aliphatic carbocycles. The van der Waals surface area contributed by atoms with Gasteiger partial charge in [-0.1, -0.05) is 54.6 Å². The third kappa shape index (κ3) is 3.67. The van der Waals surface area contributed by atoms with Gasteiger partial charge in [-0.05, 0) is 49.0 Å². The average molecular weight is 370 g/mol. The Labute approximate surface area is 166 Å². The normalized spacial score (nSPS) is 11.3. The molecule has 0 saturated heterocycles. The smallest absolute Gasteiger partial charge is 0.118 e. The minimum absolute atomic E-state index is 0.834. The van der Waals surface area contributed by atoms with Gasteiger partial charge in [0.1, 0.15) is 5.75 Å².